The van der Waals surface area contributed by atoms with E-state index in [1.165, 1.54) is 32.4 Å². The van der Waals surface area contributed by atoms with Crippen LogP contribution in [0.1, 0.15) is 19.3 Å². The second kappa shape index (κ2) is 4.69. The van der Waals surface area contributed by atoms with E-state index >= 15 is 0 Å². The van der Waals surface area contributed by atoms with E-state index in [2.05, 4.69) is 4.90 Å². The third-order valence-corrected chi connectivity index (χ3v) is 1.95. The summed E-state index contributed by atoms with van der Waals surface area (Å²) < 4.78 is 4.88. The van der Waals surface area contributed by atoms with E-state index in [4.69, 9.17) is 4.74 Å². The van der Waals surface area contributed by atoms with Crippen LogP contribution in [0.15, 0.2) is 0 Å². The number of piperidine rings is 1. The molecule has 1 radical (unpaired) electrons. The highest BCUT2D eigenvalue weighted by molar-refractivity contribution is 4.67. The average Bonchev–Trinajstić information content (AvgIpc) is 2.03. The first-order valence-corrected chi connectivity index (χ1v) is 4.00. The Balaban J connectivity index is 2.02. The Hall–Kier alpha value is -0.0800. The van der Waals surface area contributed by atoms with E-state index in [0.717, 1.165) is 6.54 Å². The lowest BCUT2D eigenvalue weighted by atomic mass is 10.1. The lowest BCUT2D eigenvalue weighted by Gasteiger charge is -2.25. The highest BCUT2D eigenvalue weighted by Gasteiger charge is 2.08. The molecule has 1 saturated heterocycles. The van der Waals surface area contributed by atoms with Crippen LogP contribution in [-0.4, -0.2) is 31.6 Å². The molecule has 2 heteroatoms. The first kappa shape index (κ1) is 8.02. The molecule has 0 saturated carbocycles. The van der Waals surface area contributed by atoms with Gasteiger partial charge in [-0.3, -0.25) is 0 Å². The van der Waals surface area contributed by atoms with E-state index < -0.39 is 0 Å². The van der Waals surface area contributed by atoms with Gasteiger partial charge in [-0.05, 0) is 25.9 Å². The van der Waals surface area contributed by atoms with Crippen molar-refractivity contribution in [3.05, 3.63) is 6.61 Å². The molecule has 0 amide bonds. The van der Waals surface area contributed by atoms with Gasteiger partial charge in [0.05, 0.1) is 6.61 Å². The van der Waals surface area contributed by atoms with Crippen molar-refractivity contribution in [2.24, 2.45) is 0 Å². The monoisotopic (exact) mass is 142 g/mol. The van der Waals surface area contributed by atoms with Crippen LogP contribution in [0.5, 0.6) is 0 Å². The van der Waals surface area contributed by atoms with Crippen molar-refractivity contribution in [1.82, 2.24) is 4.90 Å². The molecule has 2 nitrogen and oxygen atoms in total. The minimum atomic E-state index is 0.997. The van der Waals surface area contributed by atoms with Crippen LogP contribution < -0.4 is 0 Å². The van der Waals surface area contributed by atoms with Gasteiger partial charge in [0, 0.05) is 13.7 Å². The fourth-order valence-electron chi connectivity index (χ4n) is 1.32. The van der Waals surface area contributed by atoms with Crippen LogP contribution in [0.25, 0.3) is 0 Å². The molecule has 1 rings (SSSR count). The number of likely N-dealkylation sites (tertiary alicyclic amines) is 1. The number of hydrogen-bond donors (Lipinski definition) is 0. The van der Waals surface area contributed by atoms with Crippen LogP contribution in [-0.2, 0) is 4.74 Å². The van der Waals surface area contributed by atoms with Crippen molar-refractivity contribution in [2.45, 2.75) is 19.3 Å². The van der Waals surface area contributed by atoms with Gasteiger partial charge in [-0.2, -0.15) is 0 Å². The average molecular weight is 142 g/mol. The number of hydrogen-bond acceptors (Lipinski definition) is 2. The Bertz CT molecular complexity index is 79.3. The van der Waals surface area contributed by atoms with Crippen molar-refractivity contribution in [2.75, 3.05) is 26.7 Å². The molecule has 0 bridgehead atoms. The normalized spacial score (nSPS) is 21.3. The zero-order valence-corrected chi connectivity index (χ0v) is 6.68. The van der Waals surface area contributed by atoms with Crippen molar-refractivity contribution < 1.29 is 4.74 Å². The van der Waals surface area contributed by atoms with Crippen LogP contribution in [0, 0.1) is 6.61 Å². The molecule has 1 aliphatic rings. The van der Waals surface area contributed by atoms with Gasteiger partial charge < -0.3 is 9.64 Å². The molecular weight excluding hydrogens is 126 g/mol. The summed E-state index contributed by atoms with van der Waals surface area (Å²) in [6, 6.07) is 0. The van der Waals surface area contributed by atoms with Crippen LogP contribution in [0.3, 0.4) is 0 Å². The molecular formula is C8H16NO. The molecule has 1 fully saturated rings. The van der Waals surface area contributed by atoms with Crippen LogP contribution in [0.4, 0.5) is 0 Å². The zero-order chi connectivity index (χ0) is 7.23. The maximum absolute atomic E-state index is 4.88. The molecule has 0 aliphatic carbocycles. The predicted octanol–water partition coefficient (Wildman–Crippen LogP) is 1.28. The first-order chi connectivity index (χ1) is 4.93. The van der Waals surface area contributed by atoms with Gasteiger partial charge in [0.15, 0.2) is 0 Å². The topological polar surface area (TPSA) is 12.5 Å². The molecule has 1 aliphatic heterocycles. The van der Waals surface area contributed by atoms with Crippen molar-refractivity contribution in [1.29, 1.82) is 0 Å². The van der Waals surface area contributed by atoms with Crippen LogP contribution in [0.2, 0.25) is 0 Å². The number of methoxy groups -OCH3 is 1. The quantitative estimate of drug-likeness (QED) is 0.588. The minimum Gasteiger partial charge on any atom is -0.377 e. The molecule has 0 atom stereocenters. The Kier molecular flexibility index (Phi) is 3.76. The van der Waals surface area contributed by atoms with Crippen LogP contribution >= 0.6 is 0 Å². The summed E-state index contributed by atoms with van der Waals surface area (Å²) in [5, 5.41) is 0. The lowest BCUT2D eigenvalue weighted by molar-refractivity contribution is 0.183. The Morgan fingerprint density at radius 3 is 2.60 bits per heavy atom. The largest absolute Gasteiger partial charge is 0.377 e. The molecule has 0 N–H and O–H groups in total. The van der Waals surface area contributed by atoms with Gasteiger partial charge in [0.2, 0.25) is 0 Å². The first-order valence-electron chi connectivity index (χ1n) is 4.00. The molecule has 1 heterocycles. The minimum absolute atomic E-state index is 0.997. The van der Waals surface area contributed by atoms with Crippen molar-refractivity contribution >= 4 is 0 Å². The van der Waals surface area contributed by atoms with E-state index in [-0.39, 0.29) is 0 Å². The van der Waals surface area contributed by atoms with Crippen molar-refractivity contribution in [3.8, 4) is 0 Å². The number of nitrogens with zero attached hydrogens (tertiary/aromatic N) is 1. The van der Waals surface area contributed by atoms with E-state index in [9.17, 15) is 0 Å². The zero-order valence-electron chi connectivity index (χ0n) is 6.68. The summed E-state index contributed by atoms with van der Waals surface area (Å²) in [7, 11) is 1.71. The Morgan fingerprint density at radius 1 is 1.30 bits per heavy atom. The summed E-state index contributed by atoms with van der Waals surface area (Å²) >= 11 is 0. The molecule has 0 unspecified atom stereocenters. The maximum atomic E-state index is 4.88. The Labute approximate surface area is 63.2 Å². The van der Waals surface area contributed by atoms with Gasteiger partial charge in [0.25, 0.3) is 0 Å². The smallest absolute Gasteiger partial charge is 0.0971 e. The van der Waals surface area contributed by atoms with Crippen molar-refractivity contribution in [3.63, 3.8) is 0 Å². The molecule has 0 aromatic carbocycles. The van der Waals surface area contributed by atoms with E-state index in [0.29, 0.717) is 0 Å². The lowest BCUT2D eigenvalue weighted by Crippen LogP contribution is -2.30. The molecule has 0 aromatic heterocycles. The van der Waals surface area contributed by atoms with Gasteiger partial charge in [0.1, 0.15) is 0 Å². The SMILES string of the molecule is CO[CH]CN1CCCCC1. The number of rotatable bonds is 3. The third-order valence-electron chi connectivity index (χ3n) is 1.95. The van der Waals surface area contributed by atoms with E-state index in [1.54, 1.807) is 7.11 Å². The molecule has 10 heavy (non-hydrogen) atoms. The standard InChI is InChI=1S/C8H16NO/c1-10-8-7-9-5-3-2-4-6-9/h8H,2-7H2,1H3. The van der Waals surface area contributed by atoms with E-state index in [1.807, 2.05) is 6.61 Å². The molecule has 59 valence electrons. The highest BCUT2D eigenvalue weighted by atomic mass is 16.5. The molecule has 0 spiro atoms. The van der Waals surface area contributed by atoms with Gasteiger partial charge in [-0.1, -0.05) is 6.42 Å². The fourth-order valence-corrected chi connectivity index (χ4v) is 1.32. The van der Waals surface area contributed by atoms with Gasteiger partial charge in [-0.25, -0.2) is 0 Å². The second-order valence-electron chi connectivity index (χ2n) is 2.76. The van der Waals surface area contributed by atoms with Gasteiger partial charge in [-0.15, -0.1) is 0 Å². The fraction of sp³-hybridized carbons (Fsp3) is 0.875. The highest BCUT2D eigenvalue weighted by Crippen LogP contribution is 2.07. The summed E-state index contributed by atoms with van der Waals surface area (Å²) in [5.41, 5.74) is 0. The predicted molar refractivity (Wildman–Crippen MR) is 41.6 cm³/mol. The second-order valence-corrected chi connectivity index (χ2v) is 2.76. The molecule has 0 aromatic rings. The summed E-state index contributed by atoms with van der Waals surface area (Å²) in [6.07, 6.45) is 4.12. The summed E-state index contributed by atoms with van der Waals surface area (Å²) in [4.78, 5) is 2.42. The summed E-state index contributed by atoms with van der Waals surface area (Å²) in [5.74, 6) is 0. The summed E-state index contributed by atoms with van der Waals surface area (Å²) in [6.45, 7) is 5.36. The third kappa shape index (κ3) is 2.67. The number of ether oxygens (including phenoxy) is 1. The van der Waals surface area contributed by atoms with Gasteiger partial charge >= 0.3 is 0 Å². The maximum Gasteiger partial charge on any atom is 0.0971 e. The Morgan fingerprint density at radius 2 is 2.00 bits per heavy atom.